The van der Waals surface area contributed by atoms with Crippen molar-refractivity contribution in [1.29, 1.82) is 0 Å². The molecule has 0 spiro atoms. The van der Waals surface area contributed by atoms with Gasteiger partial charge in [0, 0.05) is 12.8 Å². The quantitative estimate of drug-likeness (QED) is 0.101. The maximum Gasteiger partial charge on any atom is 0.305 e. The van der Waals surface area contributed by atoms with E-state index < -0.39 is 6.10 Å². The average Bonchev–Trinajstić information content (AvgIpc) is 2.81. The van der Waals surface area contributed by atoms with Gasteiger partial charge < -0.3 is 14.6 Å². The summed E-state index contributed by atoms with van der Waals surface area (Å²) in [6.07, 6.45) is 20.2. The maximum absolute atomic E-state index is 11.8. The van der Waals surface area contributed by atoms with Crippen molar-refractivity contribution >= 4 is 11.9 Å². The van der Waals surface area contributed by atoms with Crippen LogP contribution < -0.4 is 0 Å². The van der Waals surface area contributed by atoms with Gasteiger partial charge >= 0.3 is 11.9 Å². The third-order valence-corrected chi connectivity index (χ3v) is 6.45. The van der Waals surface area contributed by atoms with Gasteiger partial charge in [-0.15, -0.1) is 0 Å². The normalized spacial score (nSPS) is 12.3. The third kappa shape index (κ3) is 27.3. The molecule has 0 aliphatic heterocycles. The molecule has 208 valence electrons. The molecule has 35 heavy (non-hydrogen) atoms. The summed E-state index contributed by atoms with van der Waals surface area (Å²) in [7, 11) is 0. The highest BCUT2D eigenvalue weighted by Gasteiger charge is 2.12. The Hall–Kier alpha value is -1.10. The van der Waals surface area contributed by atoms with Crippen LogP contribution in [0.25, 0.3) is 0 Å². The first-order valence-corrected chi connectivity index (χ1v) is 14.8. The fourth-order valence-electron chi connectivity index (χ4n) is 4.16. The van der Waals surface area contributed by atoms with Gasteiger partial charge in [0.15, 0.2) is 0 Å². The Balaban J connectivity index is 3.45. The molecule has 0 aromatic heterocycles. The van der Waals surface area contributed by atoms with E-state index in [0.29, 0.717) is 12.8 Å². The standard InChI is InChI=1S/C30H58O5/c1-26(2)20-16-12-8-5-6-10-14-18-22-29(32)34-24-28(31)25-35-30(33)23-19-15-11-7-9-13-17-21-27(3)4/h26-28,31H,5-25H2,1-4H3/t28-/m1/s1. The Bertz CT molecular complexity index is 489. The van der Waals surface area contributed by atoms with E-state index in [1.807, 2.05) is 0 Å². The number of aliphatic hydroxyl groups is 1. The lowest BCUT2D eigenvalue weighted by atomic mass is 10.0. The summed E-state index contributed by atoms with van der Waals surface area (Å²) in [5, 5.41) is 9.90. The Kier molecular flexibility index (Phi) is 23.8. The number of rotatable bonds is 25. The molecular weight excluding hydrogens is 440 g/mol. The number of hydrogen-bond acceptors (Lipinski definition) is 5. The Morgan fingerprint density at radius 3 is 1.11 bits per heavy atom. The van der Waals surface area contributed by atoms with Crippen LogP contribution in [0.3, 0.4) is 0 Å². The average molecular weight is 499 g/mol. The fraction of sp³-hybridized carbons (Fsp3) is 0.933. The molecule has 0 saturated heterocycles. The lowest BCUT2D eigenvalue weighted by molar-refractivity contribution is -0.152. The van der Waals surface area contributed by atoms with E-state index in [9.17, 15) is 14.7 Å². The van der Waals surface area contributed by atoms with E-state index in [2.05, 4.69) is 27.7 Å². The van der Waals surface area contributed by atoms with E-state index in [1.54, 1.807) is 0 Å². The van der Waals surface area contributed by atoms with Crippen molar-refractivity contribution in [2.24, 2.45) is 11.8 Å². The highest BCUT2D eigenvalue weighted by Crippen LogP contribution is 2.14. The van der Waals surface area contributed by atoms with E-state index in [4.69, 9.17) is 9.47 Å². The largest absolute Gasteiger partial charge is 0.463 e. The molecular formula is C30H58O5. The first-order valence-electron chi connectivity index (χ1n) is 14.8. The second kappa shape index (κ2) is 24.6. The summed E-state index contributed by atoms with van der Waals surface area (Å²) in [6.45, 7) is 8.87. The molecule has 5 heteroatoms. The van der Waals surface area contributed by atoms with E-state index in [1.165, 1.54) is 70.6 Å². The van der Waals surface area contributed by atoms with Crippen molar-refractivity contribution in [3.8, 4) is 0 Å². The molecule has 0 unspecified atom stereocenters. The van der Waals surface area contributed by atoms with Crippen molar-refractivity contribution in [3.05, 3.63) is 0 Å². The molecule has 0 bridgehead atoms. The van der Waals surface area contributed by atoms with Gasteiger partial charge in [-0.3, -0.25) is 9.59 Å². The zero-order chi connectivity index (χ0) is 26.2. The van der Waals surface area contributed by atoms with Crippen LogP contribution in [0.4, 0.5) is 0 Å². The van der Waals surface area contributed by atoms with Crippen molar-refractivity contribution in [1.82, 2.24) is 0 Å². The van der Waals surface area contributed by atoms with E-state index in [-0.39, 0.29) is 25.2 Å². The minimum atomic E-state index is -0.954. The molecule has 0 amide bonds. The molecule has 1 N–H and O–H groups in total. The van der Waals surface area contributed by atoms with Crippen LogP contribution in [0.2, 0.25) is 0 Å². The van der Waals surface area contributed by atoms with Crippen LogP contribution in [0.5, 0.6) is 0 Å². The first-order chi connectivity index (χ1) is 16.8. The predicted molar refractivity (Wildman–Crippen MR) is 145 cm³/mol. The van der Waals surface area contributed by atoms with Crippen LogP contribution in [-0.4, -0.2) is 36.4 Å². The highest BCUT2D eigenvalue weighted by atomic mass is 16.6. The molecule has 0 fully saturated rings. The summed E-state index contributed by atoms with van der Waals surface area (Å²) in [4.78, 5) is 23.6. The van der Waals surface area contributed by atoms with Crippen molar-refractivity contribution < 1.29 is 24.2 Å². The summed E-state index contributed by atoms with van der Waals surface area (Å²) >= 11 is 0. The Morgan fingerprint density at radius 2 is 0.800 bits per heavy atom. The van der Waals surface area contributed by atoms with Crippen LogP contribution in [0.15, 0.2) is 0 Å². The SMILES string of the molecule is CC(C)CCCCCCCCCCC(=O)OC[C@@H](O)COC(=O)CCCCCCCCCC(C)C. The van der Waals surface area contributed by atoms with Crippen LogP contribution in [0.1, 0.15) is 150 Å². The van der Waals surface area contributed by atoms with E-state index >= 15 is 0 Å². The molecule has 0 aromatic rings. The van der Waals surface area contributed by atoms with Gasteiger partial charge in [-0.2, -0.15) is 0 Å². The molecule has 0 rings (SSSR count). The molecule has 0 aromatic carbocycles. The minimum absolute atomic E-state index is 0.112. The predicted octanol–water partition coefficient (Wildman–Crippen LogP) is 8.16. The van der Waals surface area contributed by atoms with Crippen molar-refractivity contribution in [3.63, 3.8) is 0 Å². The van der Waals surface area contributed by atoms with Crippen molar-refractivity contribution in [2.75, 3.05) is 13.2 Å². The van der Waals surface area contributed by atoms with Crippen LogP contribution >= 0.6 is 0 Å². The van der Waals surface area contributed by atoms with E-state index in [0.717, 1.165) is 50.4 Å². The second-order valence-corrected chi connectivity index (χ2v) is 11.2. The van der Waals surface area contributed by atoms with Gasteiger partial charge in [-0.25, -0.2) is 0 Å². The molecule has 0 aliphatic rings. The van der Waals surface area contributed by atoms with Crippen LogP contribution in [-0.2, 0) is 19.1 Å². The van der Waals surface area contributed by atoms with Gasteiger partial charge in [0.05, 0.1) is 0 Å². The zero-order valence-corrected chi connectivity index (χ0v) is 23.7. The summed E-state index contributed by atoms with van der Waals surface area (Å²) in [5.74, 6) is 1.04. The smallest absolute Gasteiger partial charge is 0.305 e. The molecule has 0 saturated carbocycles. The summed E-state index contributed by atoms with van der Waals surface area (Å²) < 4.78 is 10.2. The first kappa shape index (κ1) is 33.9. The number of aliphatic hydroxyl groups excluding tert-OH is 1. The molecule has 0 aliphatic carbocycles. The maximum atomic E-state index is 11.8. The molecule has 0 heterocycles. The number of unbranched alkanes of at least 4 members (excludes halogenated alkanes) is 13. The van der Waals surface area contributed by atoms with Crippen molar-refractivity contribution in [2.45, 2.75) is 156 Å². The number of esters is 2. The highest BCUT2D eigenvalue weighted by molar-refractivity contribution is 5.69. The number of hydrogen-bond donors (Lipinski definition) is 1. The van der Waals surface area contributed by atoms with Gasteiger partial charge in [0.1, 0.15) is 19.3 Å². The molecule has 5 nitrogen and oxygen atoms in total. The second-order valence-electron chi connectivity index (χ2n) is 11.2. The molecule has 0 radical (unpaired) electrons. The number of carbonyl (C=O) groups excluding carboxylic acids is 2. The summed E-state index contributed by atoms with van der Waals surface area (Å²) in [6, 6.07) is 0. The zero-order valence-electron chi connectivity index (χ0n) is 23.7. The Labute approximate surface area is 217 Å². The minimum Gasteiger partial charge on any atom is -0.463 e. The lowest BCUT2D eigenvalue weighted by Crippen LogP contribution is -2.25. The van der Waals surface area contributed by atoms with Gasteiger partial charge in [0.2, 0.25) is 0 Å². The van der Waals surface area contributed by atoms with Gasteiger partial charge in [0.25, 0.3) is 0 Å². The van der Waals surface area contributed by atoms with Crippen LogP contribution in [0, 0.1) is 11.8 Å². The third-order valence-electron chi connectivity index (χ3n) is 6.45. The monoisotopic (exact) mass is 498 g/mol. The topological polar surface area (TPSA) is 72.8 Å². The van der Waals surface area contributed by atoms with Gasteiger partial charge in [-0.05, 0) is 24.7 Å². The van der Waals surface area contributed by atoms with Gasteiger partial charge in [-0.1, -0.05) is 124 Å². The lowest BCUT2D eigenvalue weighted by Gasteiger charge is -2.12. The number of carbonyl (C=O) groups is 2. The summed E-state index contributed by atoms with van der Waals surface area (Å²) in [5.41, 5.74) is 0. The fourth-order valence-corrected chi connectivity index (χ4v) is 4.16. The Morgan fingerprint density at radius 1 is 0.514 bits per heavy atom. The molecule has 1 atom stereocenters. The number of ether oxygens (including phenoxy) is 2.